The lowest BCUT2D eigenvalue weighted by Gasteiger charge is -2.16. The fourth-order valence-corrected chi connectivity index (χ4v) is 2.30. The van der Waals surface area contributed by atoms with Crippen molar-refractivity contribution in [2.24, 2.45) is 0 Å². The minimum absolute atomic E-state index is 0.475. The Hall–Kier alpha value is -1.56. The Morgan fingerprint density at radius 1 is 1.00 bits per heavy atom. The Morgan fingerprint density at radius 2 is 1.71 bits per heavy atom. The maximum atomic E-state index is 2.35. The summed E-state index contributed by atoms with van der Waals surface area (Å²) in [5.41, 5.74) is 5.66. The third-order valence-electron chi connectivity index (χ3n) is 3.52. The summed E-state index contributed by atoms with van der Waals surface area (Å²) in [5.74, 6) is 0.475. The highest BCUT2D eigenvalue weighted by Gasteiger charge is 2.10. The van der Waals surface area contributed by atoms with Crippen molar-refractivity contribution in [2.75, 3.05) is 0 Å². The van der Waals surface area contributed by atoms with Gasteiger partial charge in [-0.2, -0.15) is 0 Å². The quantitative estimate of drug-likeness (QED) is 0.708. The van der Waals surface area contributed by atoms with Gasteiger partial charge in [0, 0.05) is 5.92 Å². The fraction of sp³-hybridized carbons (Fsp3) is 0.294. The number of rotatable bonds is 3. The molecule has 0 heteroatoms. The predicted octanol–water partition coefficient (Wildman–Crippen LogP) is 4.71. The maximum absolute atomic E-state index is 2.35. The highest BCUT2D eigenvalue weighted by molar-refractivity contribution is 5.39. The smallest absolute Gasteiger partial charge is 0.00637 e. The lowest BCUT2D eigenvalue weighted by atomic mass is 9.89. The van der Waals surface area contributed by atoms with Gasteiger partial charge in [-0.3, -0.25) is 0 Å². The van der Waals surface area contributed by atoms with E-state index in [1.165, 1.54) is 22.3 Å². The lowest BCUT2D eigenvalue weighted by molar-refractivity contribution is 0.903. The molecular formula is C17H20. The molecule has 0 fully saturated rings. The Labute approximate surface area is 104 Å². The van der Waals surface area contributed by atoms with E-state index in [1.807, 2.05) is 0 Å². The predicted molar refractivity (Wildman–Crippen MR) is 74.5 cm³/mol. The molecule has 0 amide bonds. The van der Waals surface area contributed by atoms with Crippen molar-refractivity contribution in [3.8, 4) is 0 Å². The van der Waals surface area contributed by atoms with E-state index >= 15 is 0 Å². The van der Waals surface area contributed by atoms with Crippen LogP contribution in [0.15, 0.2) is 48.5 Å². The lowest BCUT2D eigenvalue weighted by Crippen LogP contribution is -1.99. The minimum atomic E-state index is 0.475. The van der Waals surface area contributed by atoms with E-state index in [0.29, 0.717) is 5.92 Å². The second-order valence-electron chi connectivity index (χ2n) is 4.68. The molecule has 1 unspecified atom stereocenters. The molecular weight excluding hydrogens is 204 g/mol. The van der Waals surface area contributed by atoms with Gasteiger partial charge in [-0.25, -0.2) is 0 Å². The average molecular weight is 224 g/mol. The van der Waals surface area contributed by atoms with Crippen LogP contribution in [0.1, 0.15) is 42.0 Å². The van der Waals surface area contributed by atoms with Crippen LogP contribution in [-0.4, -0.2) is 0 Å². The van der Waals surface area contributed by atoms with Gasteiger partial charge in [0.05, 0.1) is 0 Å². The van der Waals surface area contributed by atoms with E-state index in [2.05, 4.69) is 69.3 Å². The molecule has 0 aromatic heterocycles. The first-order valence-corrected chi connectivity index (χ1v) is 6.36. The first kappa shape index (κ1) is 11.9. The summed E-state index contributed by atoms with van der Waals surface area (Å²) in [6.45, 7) is 6.70. The van der Waals surface area contributed by atoms with Gasteiger partial charge >= 0.3 is 0 Å². The molecule has 0 aliphatic rings. The molecule has 0 aliphatic heterocycles. The normalized spacial score (nSPS) is 12.4. The molecule has 2 rings (SSSR count). The third-order valence-corrected chi connectivity index (χ3v) is 3.52. The Bertz CT molecular complexity index is 483. The van der Waals surface area contributed by atoms with Crippen LogP contribution in [0.4, 0.5) is 0 Å². The van der Waals surface area contributed by atoms with Crippen molar-refractivity contribution in [3.05, 3.63) is 70.8 Å². The molecule has 17 heavy (non-hydrogen) atoms. The van der Waals surface area contributed by atoms with Crippen molar-refractivity contribution >= 4 is 0 Å². The summed E-state index contributed by atoms with van der Waals surface area (Å²) in [5, 5.41) is 0. The van der Waals surface area contributed by atoms with Gasteiger partial charge < -0.3 is 0 Å². The SMILES string of the molecule is CCc1ccc(C)c(C(C)c2ccccc2)c1. The van der Waals surface area contributed by atoms with Crippen LogP contribution in [0.3, 0.4) is 0 Å². The molecule has 2 aromatic rings. The maximum Gasteiger partial charge on any atom is 0.00637 e. The van der Waals surface area contributed by atoms with Crippen molar-refractivity contribution in [1.82, 2.24) is 0 Å². The van der Waals surface area contributed by atoms with E-state index in [4.69, 9.17) is 0 Å². The molecule has 0 radical (unpaired) electrons. The average Bonchev–Trinajstić information content (AvgIpc) is 2.39. The van der Waals surface area contributed by atoms with E-state index in [9.17, 15) is 0 Å². The first-order chi connectivity index (χ1) is 8.22. The van der Waals surface area contributed by atoms with Gasteiger partial charge in [0.2, 0.25) is 0 Å². The van der Waals surface area contributed by atoms with Crippen molar-refractivity contribution in [2.45, 2.75) is 33.1 Å². The van der Waals surface area contributed by atoms with Crippen molar-refractivity contribution in [3.63, 3.8) is 0 Å². The topological polar surface area (TPSA) is 0 Å². The molecule has 88 valence electrons. The molecule has 0 bridgehead atoms. The van der Waals surface area contributed by atoms with E-state index in [-0.39, 0.29) is 0 Å². The molecule has 0 saturated carbocycles. The van der Waals surface area contributed by atoms with Gasteiger partial charge in [0.15, 0.2) is 0 Å². The minimum Gasteiger partial charge on any atom is -0.0622 e. The van der Waals surface area contributed by atoms with Crippen molar-refractivity contribution in [1.29, 1.82) is 0 Å². The van der Waals surface area contributed by atoms with E-state index < -0.39 is 0 Å². The van der Waals surface area contributed by atoms with Crippen LogP contribution in [0, 0.1) is 6.92 Å². The van der Waals surface area contributed by atoms with Crippen LogP contribution in [0.25, 0.3) is 0 Å². The molecule has 2 aromatic carbocycles. The van der Waals surface area contributed by atoms with Gasteiger partial charge in [-0.05, 0) is 35.6 Å². The van der Waals surface area contributed by atoms with Crippen molar-refractivity contribution < 1.29 is 0 Å². The summed E-state index contributed by atoms with van der Waals surface area (Å²) >= 11 is 0. The molecule has 0 aliphatic carbocycles. The summed E-state index contributed by atoms with van der Waals surface area (Å²) in [4.78, 5) is 0. The summed E-state index contributed by atoms with van der Waals surface area (Å²) in [7, 11) is 0. The number of hydrogen-bond donors (Lipinski definition) is 0. The second kappa shape index (κ2) is 5.18. The molecule has 0 heterocycles. The van der Waals surface area contributed by atoms with Crippen LogP contribution in [-0.2, 0) is 6.42 Å². The Kier molecular flexibility index (Phi) is 3.63. The highest BCUT2D eigenvalue weighted by Crippen LogP contribution is 2.27. The van der Waals surface area contributed by atoms with Gasteiger partial charge in [0.25, 0.3) is 0 Å². The molecule has 0 N–H and O–H groups in total. The zero-order valence-corrected chi connectivity index (χ0v) is 10.9. The summed E-state index contributed by atoms with van der Waals surface area (Å²) < 4.78 is 0. The monoisotopic (exact) mass is 224 g/mol. The zero-order valence-electron chi connectivity index (χ0n) is 10.9. The number of hydrogen-bond acceptors (Lipinski definition) is 0. The largest absolute Gasteiger partial charge is 0.0622 e. The standard InChI is InChI=1S/C17H20/c1-4-15-11-10-13(2)17(12-15)14(3)16-8-6-5-7-9-16/h5-12,14H,4H2,1-3H3. The number of benzene rings is 2. The van der Waals surface area contributed by atoms with Gasteiger partial charge in [0.1, 0.15) is 0 Å². The van der Waals surface area contributed by atoms with E-state index in [0.717, 1.165) is 6.42 Å². The molecule has 1 atom stereocenters. The third kappa shape index (κ3) is 2.58. The Balaban J connectivity index is 2.40. The van der Waals surface area contributed by atoms with Gasteiger partial charge in [-0.1, -0.05) is 62.4 Å². The van der Waals surface area contributed by atoms with Crippen LogP contribution in [0.5, 0.6) is 0 Å². The van der Waals surface area contributed by atoms with Crippen LogP contribution in [0.2, 0.25) is 0 Å². The molecule has 0 spiro atoms. The summed E-state index contributed by atoms with van der Waals surface area (Å²) in [6, 6.07) is 17.6. The second-order valence-corrected chi connectivity index (χ2v) is 4.68. The summed E-state index contributed by atoms with van der Waals surface area (Å²) in [6.07, 6.45) is 1.11. The van der Waals surface area contributed by atoms with Gasteiger partial charge in [-0.15, -0.1) is 0 Å². The highest BCUT2D eigenvalue weighted by atomic mass is 14.1. The zero-order chi connectivity index (χ0) is 12.3. The van der Waals surface area contributed by atoms with Crippen LogP contribution < -0.4 is 0 Å². The Morgan fingerprint density at radius 3 is 2.35 bits per heavy atom. The molecule has 0 saturated heterocycles. The first-order valence-electron chi connectivity index (χ1n) is 6.36. The number of aryl methyl sites for hydroxylation is 2. The van der Waals surface area contributed by atoms with Crippen LogP contribution >= 0.6 is 0 Å². The van der Waals surface area contributed by atoms with E-state index in [1.54, 1.807) is 0 Å². The fourth-order valence-electron chi connectivity index (χ4n) is 2.30. The molecule has 0 nitrogen and oxygen atoms in total.